The summed E-state index contributed by atoms with van der Waals surface area (Å²) in [5.41, 5.74) is 2.90. The van der Waals surface area contributed by atoms with Crippen LogP contribution >= 0.6 is 0 Å². The Hall–Kier alpha value is -1.26. The Morgan fingerprint density at radius 1 is 1.17 bits per heavy atom. The van der Waals surface area contributed by atoms with E-state index in [9.17, 15) is 0 Å². The third-order valence-electron chi connectivity index (χ3n) is 3.24. The zero-order valence-corrected chi connectivity index (χ0v) is 11.0. The lowest BCUT2D eigenvalue weighted by Gasteiger charge is -2.32. The quantitative estimate of drug-likeness (QED) is 0.722. The Kier molecular flexibility index (Phi) is 2.72. The van der Waals surface area contributed by atoms with E-state index in [1.165, 1.54) is 0 Å². The van der Waals surface area contributed by atoms with Crippen molar-refractivity contribution in [3.8, 4) is 0 Å². The first kappa shape index (κ1) is 11.8. The molecule has 0 spiro atoms. The molecule has 1 saturated heterocycles. The highest BCUT2D eigenvalue weighted by atomic mass is 16.6. The van der Waals surface area contributed by atoms with Gasteiger partial charge in [-0.15, -0.1) is 0 Å². The van der Waals surface area contributed by atoms with Gasteiger partial charge in [-0.25, -0.2) is 0 Å². The summed E-state index contributed by atoms with van der Waals surface area (Å²) in [5, 5.41) is 1.10. The topological polar surface area (TPSA) is 31.6 Å². The number of benzene rings is 1. The van der Waals surface area contributed by atoms with Crippen molar-refractivity contribution in [3.05, 3.63) is 29.8 Å². The zero-order chi connectivity index (χ0) is 12.8. The third-order valence-corrected chi connectivity index (χ3v) is 3.24. The second-order valence-electron chi connectivity index (χ2n) is 5.76. The molecule has 0 atom stereocenters. The maximum atomic E-state index is 5.86. The van der Waals surface area contributed by atoms with E-state index in [1.54, 1.807) is 0 Å². The van der Waals surface area contributed by atoms with Crippen LogP contribution in [0.1, 0.15) is 19.4 Å². The van der Waals surface area contributed by atoms with Crippen molar-refractivity contribution >= 4 is 23.7 Å². The van der Waals surface area contributed by atoms with E-state index in [-0.39, 0.29) is 12.5 Å². The summed E-state index contributed by atoms with van der Waals surface area (Å²) in [4.78, 5) is 0. The standard InChI is InChI=1S/C14H17BO3/c1-10-5-4-6-11-7-12(18-13(10)11)15-16-8-14(2,3)9-17-15/h4-7H,8-9H2,1-3H3. The van der Waals surface area contributed by atoms with E-state index in [0.29, 0.717) is 13.2 Å². The molecule has 1 aliphatic rings. The summed E-state index contributed by atoms with van der Waals surface area (Å²) in [6, 6.07) is 8.12. The van der Waals surface area contributed by atoms with Gasteiger partial charge >= 0.3 is 7.12 Å². The molecule has 94 valence electrons. The van der Waals surface area contributed by atoms with Gasteiger partial charge in [0.15, 0.2) is 0 Å². The largest absolute Gasteiger partial charge is 0.531 e. The lowest BCUT2D eigenvalue weighted by Crippen LogP contribution is -2.46. The van der Waals surface area contributed by atoms with Gasteiger partial charge in [-0.3, -0.25) is 0 Å². The number of rotatable bonds is 1. The van der Waals surface area contributed by atoms with Crippen LogP contribution in [0.25, 0.3) is 11.0 Å². The van der Waals surface area contributed by atoms with Gasteiger partial charge in [-0.05, 0) is 18.6 Å². The second-order valence-corrected chi connectivity index (χ2v) is 5.76. The molecule has 0 radical (unpaired) electrons. The van der Waals surface area contributed by atoms with E-state index in [2.05, 4.69) is 13.8 Å². The molecular weight excluding hydrogens is 227 g/mol. The normalized spacial score (nSPS) is 19.4. The molecule has 0 saturated carbocycles. The number of furan rings is 1. The first-order valence-electron chi connectivity index (χ1n) is 6.27. The number of hydrogen-bond acceptors (Lipinski definition) is 3. The first-order valence-corrected chi connectivity index (χ1v) is 6.27. The molecule has 0 bridgehead atoms. The molecule has 2 heterocycles. The average Bonchev–Trinajstić information content (AvgIpc) is 2.74. The van der Waals surface area contributed by atoms with Crippen LogP contribution in [0, 0.1) is 12.3 Å². The number of para-hydroxylation sites is 1. The van der Waals surface area contributed by atoms with Crippen LogP contribution in [0.3, 0.4) is 0 Å². The van der Waals surface area contributed by atoms with Crippen LogP contribution in [-0.4, -0.2) is 20.3 Å². The summed E-state index contributed by atoms with van der Waals surface area (Å²) < 4.78 is 17.3. The molecule has 0 amide bonds. The van der Waals surface area contributed by atoms with Gasteiger partial charge in [-0.2, -0.15) is 0 Å². The van der Waals surface area contributed by atoms with Crippen molar-refractivity contribution in [2.75, 3.05) is 13.2 Å². The molecule has 1 fully saturated rings. The molecule has 0 N–H and O–H groups in total. The lowest BCUT2D eigenvalue weighted by atomic mass is 9.81. The van der Waals surface area contributed by atoms with Crippen LogP contribution in [0.2, 0.25) is 0 Å². The van der Waals surface area contributed by atoms with Crippen LogP contribution < -0.4 is 5.66 Å². The number of fused-ring (bicyclic) bond motifs is 1. The summed E-state index contributed by atoms with van der Waals surface area (Å²) in [6.45, 7) is 7.68. The highest BCUT2D eigenvalue weighted by molar-refractivity contribution is 6.60. The van der Waals surface area contributed by atoms with Gasteiger partial charge in [-0.1, -0.05) is 32.0 Å². The van der Waals surface area contributed by atoms with Crippen molar-refractivity contribution in [2.24, 2.45) is 5.41 Å². The zero-order valence-electron chi connectivity index (χ0n) is 11.0. The minimum Gasteiger partial charge on any atom is -0.464 e. The summed E-state index contributed by atoms with van der Waals surface area (Å²) in [6.07, 6.45) is 0. The van der Waals surface area contributed by atoms with Gasteiger partial charge in [0.1, 0.15) is 11.2 Å². The Morgan fingerprint density at radius 2 is 1.89 bits per heavy atom. The number of aryl methyl sites for hydroxylation is 1. The highest BCUT2D eigenvalue weighted by Gasteiger charge is 2.35. The van der Waals surface area contributed by atoms with E-state index >= 15 is 0 Å². The third kappa shape index (κ3) is 2.06. The molecule has 18 heavy (non-hydrogen) atoms. The fourth-order valence-corrected chi connectivity index (χ4v) is 2.20. The van der Waals surface area contributed by atoms with E-state index in [1.807, 2.05) is 31.2 Å². The SMILES string of the molecule is Cc1cccc2cc(B3OCC(C)(C)CO3)oc12. The summed E-state index contributed by atoms with van der Waals surface area (Å²) >= 11 is 0. The molecule has 4 heteroatoms. The fraction of sp³-hybridized carbons (Fsp3) is 0.429. The molecule has 0 unspecified atom stereocenters. The minimum absolute atomic E-state index is 0.0818. The van der Waals surface area contributed by atoms with E-state index in [0.717, 1.165) is 22.2 Å². The Morgan fingerprint density at radius 3 is 2.56 bits per heavy atom. The molecule has 1 aromatic carbocycles. The highest BCUT2D eigenvalue weighted by Crippen LogP contribution is 2.23. The predicted molar refractivity (Wildman–Crippen MR) is 72.0 cm³/mol. The molecule has 3 rings (SSSR count). The van der Waals surface area contributed by atoms with Crippen molar-refractivity contribution in [2.45, 2.75) is 20.8 Å². The van der Waals surface area contributed by atoms with Crippen LogP contribution in [0.4, 0.5) is 0 Å². The van der Waals surface area contributed by atoms with E-state index < -0.39 is 0 Å². The van der Waals surface area contributed by atoms with Crippen LogP contribution in [-0.2, 0) is 9.31 Å². The van der Waals surface area contributed by atoms with Crippen molar-refractivity contribution in [1.82, 2.24) is 0 Å². The van der Waals surface area contributed by atoms with Gasteiger partial charge in [0, 0.05) is 24.0 Å². The lowest BCUT2D eigenvalue weighted by molar-refractivity contribution is 0.0327. The van der Waals surface area contributed by atoms with E-state index in [4.69, 9.17) is 13.7 Å². The van der Waals surface area contributed by atoms with Crippen molar-refractivity contribution in [1.29, 1.82) is 0 Å². The minimum atomic E-state index is -0.371. The van der Waals surface area contributed by atoms with Crippen LogP contribution in [0.5, 0.6) is 0 Å². The van der Waals surface area contributed by atoms with Crippen molar-refractivity contribution < 1.29 is 13.7 Å². The molecule has 0 aliphatic carbocycles. The molecule has 1 aliphatic heterocycles. The predicted octanol–water partition coefficient (Wildman–Crippen LogP) is 2.51. The molecular formula is C14H17BO3. The average molecular weight is 244 g/mol. The van der Waals surface area contributed by atoms with Gasteiger partial charge in [0.2, 0.25) is 0 Å². The first-order chi connectivity index (χ1) is 8.55. The summed E-state index contributed by atoms with van der Waals surface area (Å²) in [7, 11) is -0.371. The Balaban J connectivity index is 1.89. The Labute approximate surface area is 107 Å². The van der Waals surface area contributed by atoms with Crippen LogP contribution in [0.15, 0.2) is 28.7 Å². The van der Waals surface area contributed by atoms with Gasteiger partial charge < -0.3 is 13.7 Å². The second kappa shape index (κ2) is 4.14. The smallest absolute Gasteiger partial charge is 0.464 e. The van der Waals surface area contributed by atoms with Gasteiger partial charge in [0.25, 0.3) is 0 Å². The number of hydrogen-bond donors (Lipinski definition) is 0. The maximum Gasteiger partial charge on any atom is 0.531 e. The van der Waals surface area contributed by atoms with Crippen molar-refractivity contribution in [3.63, 3.8) is 0 Å². The molecule has 2 aromatic rings. The molecule has 3 nitrogen and oxygen atoms in total. The maximum absolute atomic E-state index is 5.86. The van der Waals surface area contributed by atoms with Gasteiger partial charge in [0.05, 0.1) is 0 Å². The Bertz CT molecular complexity index is 563. The molecule has 1 aromatic heterocycles. The monoisotopic (exact) mass is 244 g/mol. The fourth-order valence-electron chi connectivity index (χ4n) is 2.20. The summed E-state index contributed by atoms with van der Waals surface area (Å²) in [5.74, 6) is 0.